The van der Waals surface area contributed by atoms with Gasteiger partial charge in [0.05, 0.1) is 21.7 Å². The molecule has 0 aliphatic heterocycles. The van der Waals surface area contributed by atoms with Gasteiger partial charge in [0.2, 0.25) is 0 Å². The topological polar surface area (TPSA) is 210 Å². The summed E-state index contributed by atoms with van der Waals surface area (Å²) in [7, 11) is 0. The number of ether oxygens (including phenoxy) is 8. The highest BCUT2D eigenvalue weighted by molar-refractivity contribution is 5.79. The van der Waals surface area contributed by atoms with Gasteiger partial charge in [-0.2, -0.15) is 52.7 Å². The molecular weight excluding hydrogens is 988 g/mol. The minimum Gasteiger partial charge on any atom is -0.462 e. The highest BCUT2D eigenvalue weighted by Gasteiger charge is 2.65. The van der Waals surface area contributed by atoms with Gasteiger partial charge in [0.15, 0.2) is 0 Å². The number of esters is 8. The second-order valence-corrected chi connectivity index (χ2v) is 16.8. The Morgan fingerprint density at radius 2 is 0.557 bits per heavy atom. The van der Waals surface area contributed by atoms with Crippen molar-refractivity contribution >= 4 is 47.8 Å². The molecule has 0 aromatic rings. The summed E-state index contributed by atoms with van der Waals surface area (Å²) in [6.45, 7) is 17.3. The monoisotopic (exact) mass is 1050 g/mol. The second-order valence-electron chi connectivity index (χ2n) is 16.8. The zero-order valence-corrected chi connectivity index (χ0v) is 41.1. The van der Waals surface area contributed by atoms with Crippen LogP contribution in [0.15, 0.2) is 0 Å². The molecule has 0 aromatic carbocycles. The van der Waals surface area contributed by atoms with Gasteiger partial charge in [0, 0.05) is 6.92 Å². The lowest BCUT2D eigenvalue weighted by Crippen LogP contribution is -2.45. The quantitative estimate of drug-likeness (QED) is 0.0405. The molecule has 0 aliphatic carbocycles. The van der Waals surface area contributed by atoms with Crippen molar-refractivity contribution in [2.24, 2.45) is 21.7 Å². The molecule has 0 heterocycles. The van der Waals surface area contributed by atoms with Gasteiger partial charge >= 0.3 is 78.4 Å². The van der Waals surface area contributed by atoms with Gasteiger partial charge in [0.25, 0.3) is 0 Å². The van der Waals surface area contributed by atoms with Crippen LogP contribution >= 0.6 is 0 Å². The average molecular weight is 1050 g/mol. The van der Waals surface area contributed by atoms with Crippen molar-refractivity contribution in [3.05, 3.63) is 0 Å². The highest BCUT2D eigenvalue weighted by Crippen LogP contribution is 2.36. The van der Waals surface area contributed by atoms with Gasteiger partial charge in [-0.15, -0.1) is 0 Å². The van der Waals surface area contributed by atoms with Gasteiger partial charge in [-0.1, -0.05) is 27.7 Å². The zero-order chi connectivity index (χ0) is 56.3. The summed E-state index contributed by atoms with van der Waals surface area (Å²) in [4.78, 5) is 87.4. The number of carbonyl (C=O) groups is 8. The van der Waals surface area contributed by atoms with Crippen LogP contribution in [0.25, 0.3) is 0 Å². The lowest BCUT2D eigenvalue weighted by molar-refractivity contribution is -0.280. The molecule has 0 atom stereocenters. The number of halogens is 12. The van der Waals surface area contributed by atoms with E-state index in [4.69, 9.17) is 9.47 Å². The van der Waals surface area contributed by atoms with E-state index in [2.05, 4.69) is 28.4 Å². The molecule has 0 saturated carbocycles. The number of hydrogen-bond acceptors (Lipinski definition) is 16. The zero-order valence-electron chi connectivity index (χ0n) is 41.1. The molecule has 28 heteroatoms. The van der Waals surface area contributed by atoms with E-state index in [-0.39, 0.29) is 33.0 Å². The first-order valence-electron chi connectivity index (χ1n) is 20.9. The fourth-order valence-corrected chi connectivity index (χ4v) is 2.92. The first kappa shape index (κ1) is 71.5. The lowest BCUT2D eigenvalue weighted by Gasteiger charge is -2.21. The molecule has 0 radical (unpaired) electrons. The molecule has 0 aromatic heterocycles. The summed E-state index contributed by atoms with van der Waals surface area (Å²) in [5.74, 6) is -19.4. The number of rotatable bonds is 23. The van der Waals surface area contributed by atoms with E-state index in [1.807, 2.05) is 13.8 Å². The molecule has 0 rings (SSSR count). The highest BCUT2D eigenvalue weighted by atomic mass is 19.4. The number of carbonyl (C=O) groups excluding carboxylic acids is 8. The van der Waals surface area contributed by atoms with Crippen molar-refractivity contribution < 1.29 is 129 Å². The van der Waals surface area contributed by atoms with Crippen LogP contribution in [0.1, 0.15) is 116 Å². The number of hydrogen-bond donors (Lipinski definition) is 0. The van der Waals surface area contributed by atoms with E-state index in [1.54, 1.807) is 69.2 Å². The molecule has 0 fully saturated rings. The van der Waals surface area contributed by atoms with Crippen LogP contribution in [0.2, 0.25) is 0 Å². The molecule has 0 aliphatic rings. The Kier molecular flexibility index (Phi) is 32.0. The minimum absolute atomic E-state index is 0.208. The molecule has 0 spiro atoms. The molecule has 0 amide bonds. The van der Waals surface area contributed by atoms with Crippen LogP contribution in [-0.4, -0.2) is 131 Å². The summed E-state index contributed by atoms with van der Waals surface area (Å²) in [6, 6.07) is 0. The Balaban J connectivity index is -0.000000416. The van der Waals surface area contributed by atoms with E-state index in [0.717, 1.165) is 0 Å². The van der Waals surface area contributed by atoms with Crippen molar-refractivity contribution in [3.8, 4) is 0 Å². The fourth-order valence-electron chi connectivity index (χ4n) is 2.92. The van der Waals surface area contributed by atoms with Crippen molar-refractivity contribution in [3.63, 3.8) is 0 Å². The maximum Gasteiger partial charge on any atom is 0.490 e. The van der Waals surface area contributed by atoms with Crippen LogP contribution in [0.4, 0.5) is 52.7 Å². The molecule has 0 bridgehead atoms. The molecule has 70 heavy (non-hydrogen) atoms. The normalized spacial score (nSPS) is 12.2. The van der Waals surface area contributed by atoms with Gasteiger partial charge < -0.3 is 37.9 Å². The average Bonchev–Trinajstić information content (AvgIpc) is 3.25. The van der Waals surface area contributed by atoms with E-state index in [0.29, 0.717) is 32.6 Å². The van der Waals surface area contributed by atoms with Crippen LogP contribution in [-0.2, 0) is 76.3 Å². The van der Waals surface area contributed by atoms with E-state index < -0.39 is 120 Å². The third kappa shape index (κ3) is 29.8. The van der Waals surface area contributed by atoms with E-state index in [1.165, 1.54) is 0 Å². The standard InChI is InChI=1S/C11H15F5O4.C11H18F2O4.C10H15F3O4.C10H16F2O4/c1-4-9(2,3)7(17)19-5-6-20-8(18)10(12,13)11(14,15)16;1-5-10(2,3)8(14)16-6-7-17-9(15)11(4,12)13;1-4-9(2,3)7(14)16-5-6-17-8(15)10(11,12)13;1-4-10(2,3)9(14)16-6-5-15-8(13)7(11)12/h4-6H2,1-3H3;5-7H2,1-4H3;4-6H2,1-3H3;7H,4-6H2,1-3H3. The fraction of sp³-hybridized carbons (Fsp3) is 0.810. The third-order valence-electron chi connectivity index (χ3n) is 9.34. The maximum absolute atomic E-state index is 12.4. The summed E-state index contributed by atoms with van der Waals surface area (Å²) in [6.07, 6.45) is -12.0. The predicted octanol–water partition coefficient (Wildman–Crippen LogP) is 8.72. The van der Waals surface area contributed by atoms with Crippen LogP contribution in [0.3, 0.4) is 0 Å². The van der Waals surface area contributed by atoms with E-state index in [9.17, 15) is 91.0 Å². The first-order chi connectivity index (χ1) is 31.4. The smallest absolute Gasteiger partial charge is 0.462 e. The largest absolute Gasteiger partial charge is 0.490 e. The number of alkyl halides is 12. The Morgan fingerprint density at radius 3 is 0.757 bits per heavy atom. The molecule has 0 unspecified atom stereocenters. The van der Waals surface area contributed by atoms with Gasteiger partial charge in [-0.3, -0.25) is 19.2 Å². The summed E-state index contributed by atoms with van der Waals surface area (Å²) in [5.41, 5.74) is -2.76. The molecule has 0 saturated heterocycles. The van der Waals surface area contributed by atoms with Gasteiger partial charge in [-0.05, 0) is 81.1 Å². The Morgan fingerprint density at radius 1 is 0.343 bits per heavy atom. The van der Waals surface area contributed by atoms with E-state index >= 15 is 0 Å². The van der Waals surface area contributed by atoms with Crippen molar-refractivity contribution in [1.29, 1.82) is 0 Å². The third-order valence-corrected chi connectivity index (χ3v) is 9.34. The molecule has 16 nitrogen and oxygen atoms in total. The van der Waals surface area contributed by atoms with Crippen LogP contribution < -0.4 is 0 Å². The SMILES string of the molecule is CCC(C)(C)C(=O)OCCOC(=O)C(C)(F)F.CCC(C)(C)C(=O)OCCOC(=O)C(F)(F)C(F)(F)F.CCC(C)(C)C(=O)OCCOC(=O)C(F)(F)F.CCC(C)(C)C(=O)OCCOC(=O)C(F)F. The Hall–Kier alpha value is -5.08. The van der Waals surface area contributed by atoms with Crippen molar-refractivity contribution in [1.82, 2.24) is 0 Å². The Bertz CT molecular complexity index is 1600. The predicted molar refractivity (Wildman–Crippen MR) is 218 cm³/mol. The lowest BCUT2D eigenvalue weighted by atomic mass is 9.91. The van der Waals surface area contributed by atoms with Crippen molar-refractivity contribution in [2.45, 2.75) is 146 Å². The van der Waals surface area contributed by atoms with Gasteiger partial charge in [0.1, 0.15) is 52.9 Å². The maximum atomic E-state index is 12.4. The summed E-state index contributed by atoms with van der Waals surface area (Å²) >= 11 is 0. The molecular formula is C42H64F12O16. The van der Waals surface area contributed by atoms with Crippen LogP contribution in [0.5, 0.6) is 0 Å². The van der Waals surface area contributed by atoms with Gasteiger partial charge in [-0.25, -0.2) is 19.2 Å². The second kappa shape index (κ2) is 31.3. The Labute approximate surface area is 397 Å². The summed E-state index contributed by atoms with van der Waals surface area (Å²) < 4.78 is 178. The first-order valence-corrected chi connectivity index (χ1v) is 20.9. The van der Waals surface area contributed by atoms with Crippen LogP contribution in [0, 0.1) is 21.7 Å². The molecule has 412 valence electrons. The minimum atomic E-state index is -6.02. The molecule has 0 N–H and O–H groups in total. The van der Waals surface area contributed by atoms with Crippen molar-refractivity contribution in [2.75, 3.05) is 52.9 Å². The summed E-state index contributed by atoms with van der Waals surface area (Å²) in [5, 5.41) is 0.